The maximum atomic E-state index is 9.88. The molecule has 3 aromatic carbocycles. The number of nitrogens with zero attached hydrogens (tertiary/aromatic N) is 2. The summed E-state index contributed by atoms with van der Waals surface area (Å²) in [6.07, 6.45) is 0. The van der Waals surface area contributed by atoms with Crippen LogP contribution in [0.2, 0.25) is 0 Å². The zero-order valence-corrected chi connectivity index (χ0v) is 20.3. The third-order valence-electron chi connectivity index (χ3n) is 6.65. The second kappa shape index (κ2) is 10.3. The number of phenols is 1. The number of phenolic OH excluding ortho intramolecular Hbond substituents is 1. The third-order valence-corrected chi connectivity index (χ3v) is 6.65. The van der Waals surface area contributed by atoms with Crippen LogP contribution in [0.3, 0.4) is 0 Å². The van der Waals surface area contributed by atoms with E-state index in [1.165, 1.54) is 28.0 Å². The molecular formula is C30H36N2O. The number of hydrogen-bond acceptors (Lipinski definition) is 3. The van der Waals surface area contributed by atoms with Gasteiger partial charge in [0.2, 0.25) is 0 Å². The van der Waals surface area contributed by atoms with Gasteiger partial charge in [0.25, 0.3) is 0 Å². The summed E-state index contributed by atoms with van der Waals surface area (Å²) in [5.74, 6) is 0.639. The molecule has 172 valence electrons. The number of anilines is 1. The summed E-state index contributed by atoms with van der Waals surface area (Å²) < 4.78 is 0. The zero-order chi connectivity index (χ0) is 23.4. The summed E-state index contributed by atoms with van der Waals surface area (Å²) in [4.78, 5) is 5.04. The summed E-state index contributed by atoms with van der Waals surface area (Å²) in [5, 5.41) is 9.88. The van der Waals surface area contributed by atoms with Gasteiger partial charge in [0.15, 0.2) is 0 Å². The van der Waals surface area contributed by atoms with Gasteiger partial charge in [0.1, 0.15) is 5.75 Å². The Kier molecular flexibility index (Phi) is 7.20. The molecule has 1 aliphatic rings. The van der Waals surface area contributed by atoms with Crippen molar-refractivity contribution in [1.82, 2.24) is 4.90 Å². The minimum atomic E-state index is 0.291. The largest absolute Gasteiger partial charge is 0.508 e. The van der Waals surface area contributed by atoms with E-state index in [0.29, 0.717) is 17.7 Å². The highest BCUT2D eigenvalue weighted by molar-refractivity contribution is 5.99. The predicted molar refractivity (Wildman–Crippen MR) is 141 cm³/mol. The average Bonchev–Trinajstić information content (AvgIpc) is 2.84. The molecule has 4 rings (SSSR count). The van der Waals surface area contributed by atoms with Crippen LogP contribution in [0.25, 0.3) is 11.1 Å². The number of benzene rings is 3. The van der Waals surface area contributed by atoms with Crippen molar-refractivity contribution in [1.29, 1.82) is 0 Å². The topological polar surface area (TPSA) is 26.7 Å². The number of piperazine rings is 1. The van der Waals surface area contributed by atoms with Crippen molar-refractivity contribution in [2.45, 2.75) is 33.7 Å². The van der Waals surface area contributed by atoms with Crippen molar-refractivity contribution in [2.75, 3.05) is 31.1 Å². The lowest BCUT2D eigenvalue weighted by atomic mass is 9.84. The first-order valence-electron chi connectivity index (χ1n) is 12.1. The summed E-state index contributed by atoms with van der Waals surface area (Å²) in [7, 11) is 0. The molecule has 1 heterocycles. The molecule has 0 aliphatic carbocycles. The van der Waals surface area contributed by atoms with E-state index >= 15 is 0 Å². The number of hydrogen-bond donors (Lipinski definition) is 1. The van der Waals surface area contributed by atoms with Gasteiger partial charge < -0.3 is 10.0 Å². The zero-order valence-electron chi connectivity index (χ0n) is 20.3. The van der Waals surface area contributed by atoms with Crippen molar-refractivity contribution < 1.29 is 5.11 Å². The molecule has 1 N–H and O–H groups in total. The van der Waals surface area contributed by atoms with Gasteiger partial charge in [0.05, 0.1) is 0 Å². The van der Waals surface area contributed by atoms with Crippen LogP contribution < -0.4 is 4.90 Å². The Hall–Kier alpha value is -3.04. The van der Waals surface area contributed by atoms with Gasteiger partial charge in [-0.1, -0.05) is 68.4 Å². The first kappa shape index (κ1) is 23.1. The van der Waals surface area contributed by atoms with Crippen molar-refractivity contribution in [3.8, 4) is 5.75 Å². The van der Waals surface area contributed by atoms with Gasteiger partial charge >= 0.3 is 0 Å². The van der Waals surface area contributed by atoms with Crippen molar-refractivity contribution in [2.24, 2.45) is 5.92 Å². The fraction of sp³-hybridized carbons (Fsp3) is 0.333. The molecule has 1 fully saturated rings. The molecule has 0 spiro atoms. The Labute approximate surface area is 199 Å². The summed E-state index contributed by atoms with van der Waals surface area (Å²) in [6.45, 7) is 13.4. The van der Waals surface area contributed by atoms with Crippen LogP contribution in [-0.4, -0.2) is 42.2 Å². The van der Waals surface area contributed by atoms with Crippen molar-refractivity contribution in [3.63, 3.8) is 0 Å². The Bertz CT molecular complexity index is 1060. The van der Waals surface area contributed by atoms with Gasteiger partial charge in [-0.3, -0.25) is 4.90 Å². The molecule has 0 bridgehead atoms. The number of aromatic hydroxyl groups is 1. The fourth-order valence-corrected chi connectivity index (χ4v) is 4.83. The van der Waals surface area contributed by atoms with E-state index < -0.39 is 0 Å². The molecule has 0 saturated carbocycles. The van der Waals surface area contributed by atoms with E-state index in [9.17, 15) is 5.11 Å². The van der Waals surface area contributed by atoms with E-state index in [1.807, 2.05) is 12.1 Å². The highest BCUT2D eigenvalue weighted by Gasteiger charge is 2.20. The molecule has 1 aliphatic heterocycles. The molecular weight excluding hydrogens is 404 g/mol. The summed E-state index contributed by atoms with van der Waals surface area (Å²) in [6, 6.07) is 27.9. The van der Waals surface area contributed by atoms with Gasteiger partial charge in [-0.15, -0.1) is 0 Å². The quantitative estimate of drug-likeness (QED) is 0.441. The molecule has 3 nitrogen and oxygen atoms in total. The lowest BCUT2D eigenvalue weighted by Crippen LogP contribution is -2.48. The van der Waals surface area contributed by atoms with Gasteiger partial charge in [-0.2, -0.15) is 0 Å². The summed E-state index contributed by atoms with van der Waals surface area (Å²) >= 11 is 0. The molecule has 0 amide bonds. The number of rotatable bonds is 6. The third kappa shape index (κ3) is 5.31. The average molecular weight is 441 g/mol. The highest BCUT2D eigenvalue weighted by Crippen LogP contribution is 2.37. The van der Waals surface area contributed by atoms with Gasteiger partial charge in [-0.25, -0.2) is 0 Å². The van der Waals surface area contributed by atoms with Crippen molar-refractivity contribution in [3.05, 3.63) is 95.6 Å². The second-order valence-corrected chi connectivity index (χ2v) is 9.52. The minimum absolute atomic E-state index is 0.291. The van der Waals surface area contributed by atoms with Crippen LogP contribution in [0.15, 0.2) is 78.9 Å². The van der Waals surface area contributed by atoms with E-state index in [-0.39, 0.29) is 0 Å². The Morgan fingerprint density at radius 2 is 1.21 bits per heavy atom. The molecule has 0 radical (unpaired) electrons. The lowest BCUT2D eigenvalue weighted by Gasteiger charge is -2.38. The predicted octanol–water partition coefficient (Wildman–Crippen LogP) is 6.54. The van der Waals surface area contributed by atoms with Crippen LogP contribution in [0, 0.1) is 5.92 Å². The summed E-state index contributed by atoms with van der Waals surface area (Å²) in [5.41, 5.74) is 7.41. The normalized spacial score (nSPS) is 15.8. The second-order valence-electron chi connectivity index (χ2n) is 9.52. The number of allylic oxidation sites excluding steroid dienone is 1. The minimum Gasteiger partial charge on any atom is -0.508 e. The van der Waals surface area contributed by atoms with Gasteiger partial charge in [0, 0.05) is 37.9 Å². The SMILES string of the molecule is CC(C)/C(=C(\c1ccc(O)cc1)c1ccc(N2CCN(C(C)C)CC2)cc1)c1ccccc1. The first-order valence-corrected chi connectivity index (χ1v) is 12.1. The molecule has 0 atom stereocenters. The van der Waals surface area contributed by atoms with Crippen LogP contribution >= 0.6 is 0 Å². The van der Waals surface area contributed by atoms with Gasteiger partial charge in [-0.05, 0) is 71.9 Å². The van der Waals surface area contributed by atoms with E-state index in [1.54, 1.807) is 12.1 Å². The van der Waals surface area contributed by atoms with Crippen LogP contribution in [-0.2, 0) is 0 Å². The standard InChI is InChI=1S/C30H36N2O/c1-22(2)29(24-8-6-5-7-9-24)30(26-12-16-28(33)17-13-26)25-10-14-27(15-11-25)32-20-18-31(19-21-32)23(3)4/h5-17,22-23,33H,18-21H2,1-4H3/b30-29+. The fourth-order valence-electron chi connectivity index (χ4n) is 4.83. The van der Waals surface area contributed by atoms with E-state index in [4.69, 9.17) is 0 Å². The highest BCUT2D eigenvalue weighted by atomic mass is 16.3. The maximum Gasteiger partial charge on any atom is 0.115 e. The molecule has 1 saturated heterocycles. The molecule has 0 aromatic heterocycles. The first-order chi connectivity index (χ1) is 15.9. The lowest BCUT2D eigenvalue weighted by molar-refractivity contribution is 0.209. The van der Waals surface area contributed by atoms with E-state index in [0.717, 1.165) is 31.7 Å². The molecule has 3 heteroatoms. The molecule has 3 aromatic rings. The van der Waals surface area contributed by atoms with Crippen molar-refractivity contribution >= 4 is 16.8 Å². The van der Waals surface area contributed by atoms with Crippen LogP contribution in [0.5, 0.6) is 5.75 Å². The Balaban J connectivity index is 1.73. The maximum absolute atomic E-state index is 9.88. The van der Waals surface area contributed by atoms with E-state index in [2.05, 4.69) is 92.1 Å². The monoisotopic (exact) mass is 440 g/mol. The smallest absolute Gasteiger partial charge is 0.115 e. The van der Waals surface area contributed by atoms with Crippen LogP contribution in [0.4, 0.5) is 5.69 Å². The Morgan fingerprint density at radius 3 is 1.73 bits per heavy atom. The van der Waals surface area contributed by atoms with Crippen LogP contribution in [0.1, 0.15) is 44.4 Å². The molecule has 0 unspecified atom stereocenters. The molecule has 33 heavy (non-hydrogen) atoms. The Morgan fingerprint density at radius 1 is 0.667 bits per heavy atom.